The van der Waals surface area contributed by atoms with Crippen LogP contribution in [0.3, 0.4) is 0 Å². The molecule has 0 spiro atoms. The van der Waals surface area contributed by atoms with Crippen molar-refractivity contribution in [3.63, 3.8) is 0 Å². The standard InChI is InChI=1S/C23H23NO3S2/c1-26-21-13-18(17-3-5-20(28-2)6-4-17)12-19-14-24(8-9-27-23(19)21)22(25)11-16-7-10-29-15-16/h3-7,10,12-13,15H,8-9,11,14H2,1-2H3. The fourth-order valence-electron chi connectivity index (χ4n) is 3.48. The summed E-state index contributed by atoms with van der Waals surface area (Å²) in [5.41, 5.74) is 4.21. The van der Waals surface area contributed by atoms with Crippen molar-refractivity contribution in [1.82, 2.24) is 4.90 Å². The molecule has 150 valence electrons. The van der Waals surface area contributed by atoms with Gasteiger partial charge >= 0.3 is 0 Å². The van der Waals surface area contributed by atoms with Crippen molar-refractivity contribution in [2.24, 2.45) is 0 Å². The molecule has 4 rings (SSSR count). The molecule has 0 saturated carbocycles. The van der Waals surface area contributed by atoms with Gasteiger partial charge in [0.1, 0.15) is 6.61 Å². The molecule has 1 aliphatic heterocycles. The summed E-state index contributed by atoms with van der Waals surface area (Å²) in [7, 11) is 1.66. The van der Waals surface area contributed by atoms with Crippen molar-refractivity contribution in [2.45, 2.75) is 17.9 Å². The van der Waals surface area contributed by atoms with E-state index < -0.39 is 0 Å². The summed E-state index contributed by atoms with van der Waals surface area (Å²) in [5.74, 6) is 1.56. The van der Waals surface area contributed by atoms with Crippen LogP contribution in [0.1, 0.15) is 11.1 Å². The molecule has 6 heteroatoms. The monoisotopic (exact) mass is 425 g/mol. The Hall–Kier alpha value is -2.44. The van der Waals surface area contributed by atoms with E-state index >= 15 is 0 Å². The summed E-state index contributed by atoms with van der Waals surface area (Å²) in [5, 5.41) is 4.03. The second kappa shape index (κ2) is 8.93. The van der Waals surface area contributed by atoms with Crippen LogP contribution in [0.15, 0.2) is 58.1 Å². The van der Waals surface area contributed by atoms with Crippen LogP contribution < -0.4 is 9.47 Å². The van der Waals surface area contributed by atoms with Crippen LogP contribution in [0.5, 0.6) is 11.5 Å². The SMILES string of the molecule is COc1cc(-c2ccc(SC)cc2)cc2c1OCCN(C(=O)Cc1ccsc1)C2. The van der Waals surface area contributed by atoms with Crippen molar-refractivity contribution in [1.29, 1.82) is 0 Å². The summed E-state index contributed by atoms with van der Waals surface area (Å²) in [6.45, 7) is 1.55. The van der Waals surface area contributed by atoms with Gasteiger partial charge in [0.05, 0.1) is 20.1 Å². The third-order valence-electron chi connectivity index (χ3n) is 5.03. The molecule has 2 heterocycles. The molecule has 2 aromatic carbocycles. The highest BCUT2D eigenvalue weighted by Gasteiger charge is 2.23. The summed E-state index contributed by atoms with van der Waals surface area (Å²) < 4.78 is 11.6. The minimum atomic E-state index is 0.119. The Bertz CT molecular complexity index is 984. The maximum atomic E-state index is 12.8. The Morgan fingerprint density at radius 2 is 2.03 bits per heavy atom. The van der Waals surface area contributed by atoms with Gasteiger partial charge in [-0.1, -0.05) is 12.1 Å². The van der Waals surface area contributed by atoms with Crippen molar-refractivity contribution in [3.8, 4) is 22.6 Å². The predicted molar refractivity (Wildman–Crippen MR) is 119 cm³/mol. The average Bonchev–Trinajstić information content (AvgIpc) is 3.16. The Labute approximate surface area is 179 Å². The molecule has 0 unspecified atom stereocenters. The summed E-state index contributed by atoms with van der Waals surface area (Å²) in [6, 6.07) is 14.6. The highest BCUT2D eigenvalue weighted by atomic mass is 32.2. The molecule has 0 aliphatic carbocycles. The molecule has 1 amide bonds. The lowest BCUT2D eigenvalue weighted by molar-refractivity contribution is -0.131. The van der Waals surface area contributed by atoms with Gasteiger partial charge in [-0.25, -0.2) is 0 Å². The van der Waals surface area contributed by atoms with Crippen molar-refractivity contribution in [3.05, 3.63) is 64.4 Å². The fraction of sp³-hybridized carbons (Fsp3) is 0.261. The highest BCUT2D eigenvalue weighted by Crippen LogP contribution is 2.38. The van der Waals surface area contributed by atoms with Gasteiger partial charge in [-0.3, -0.25) is 4.79 Å². The third kappa shape index (κ3) is 4.43. The van der Waals surface area contributed by atoms with Crippen molar-refractivity contribution >= 4 is 29.0 Å². The maximum absolute atomic E-state index is 12.8. The predicted octanol–water partition coefficient (Wildman–Crippen LogP) is 5.11. The Kier molecular flexibility index (Phi) is 6.11. The molecule has 4 nitrogen and oxygen atoms in total. The van der Waals surface area contributed by atoms with Gasteiger partial charge < -0.3 is 14.4 Å². The number of benzene rings is 2. The first-order valence-electron chi connectivity index (χ1n) is 9.45. The van der Waals surface area contributed by atoms with Crippen LogP contribution in [0, 0.1) is 0 Å². The molecule has 0 radical (unpaired) electrons. The molecule has 0 N–H and O–H groups in total. The van der Waals surface area contributed by atoms with E-state index in [2.05, 4.69) is 36.6 Å². The summed E-state index contributed by atoms with van der Waals surface area (Å²) >= 11 is 3.34. The van der Waals surface area contributed by atoms with E-state index in [-0.39, 0.29) is 5.91 Å². The molecule has 3 aromatic rings. The van der Waals surface area contributed by atoms with E-state index in [0.717, 1.165) is 28.0 Å². The zero-order valence-electron chi connectivity index (χ0n) is 16.5. The quantitative estimate of drug-likeness (QED) is 0.533. The Morgan fingerprint density at radius 1 is 1.21 bits per heavy atom. The van der Waals surface area contributed by atoms with Gasteiger partial charge in [-0.15, -0.1) is 11.8 Å². The number of thioether (sulfide) groups is 1. The van der Waals surface area contributed by atoms with Crippen LogP contribution in [0.4, 0.5) is 0 Å². The zero-order valence-corrected chi connectivity index (χ0v) is 18.1. The van der Waals surface area contributed by atoms with E-state index in [1.54, 1.807) is 30.2 Å². The highest BCUT2D eigenvalue weighted by molar-refractivity contribution is 7.98. The molecule has 29 heavy (non-hydrogen) atoms. The van der Waals surface area contributed by atoms with Crippen molar-refractivity contribution in [2.75, 3.05) is 26.5 Å². The zero-order chi connectivity index (χ0) is 20.2. The summed E-state index contributed by atoms with van der Waals surface area (Å²) in [4.78, 5) is 16.0. The maximum Gasteiger partial charge on any atom is 0.227 e. The normalized spacial score (nSPS) is 13.4. The number of hydrogen-bond acceptors (Lipinski definition) is 5. The smallest absolute Gasteiger partial charge is 0.227 e. The number of thiophene rings is 1. The number of carbonyl (C=O) groups excluding carboxylic acids is 1. The molecule has 0 saturated heterocycles. The number of ether oxygens (including phenoxy) is 2. The summed E-state index contributed by atoms with van der Waals surface area (Å²) in [6.07, 6.45) is 2.49. The lowest BCUT2D eigenvalue weighted by Gasteiger charge is -2.20. The van der Waals surface area contributed by atoms with E-state index in [0.29, 0.717) is 31.9 Å². The number of nitrogens with zero attached hydrogens (tertiary/aromatic N) is 1. The van der Waals surface area contributed by atoms with E-state index in [1.807, 2.05) is 27.8 Å². The minimum Gasteiger partial charge on any atom is -0.493 e. The van der Waals surface area contributed by atoms with Crippen LogP contribution in [-0.4, -0.2) is 37.3 Å². The molecular formula is C23H23NO3S2. The number of rotatable bonds is 5. The van der Waals surface area contributed by atoms with Crippen LogP contribution >= 0.6 is 23.1 Å². The van der Waals surface area contributed by atoms with Gasteiger partial charge in [0.25, 0.3) is 0 Å². The third-order valence-corrected chi connectivity index (χ3v) is 6.51. The number of amides is 1. The molecule has 0 fully saturated rings. The van der Waals surface area contributed by atoms with Gasteiger partial charge in [-0.2, -0.15) is 11.3 Å². The van der Waals surface area contributed by atoms with Crippen LogP contribution in [0.25, 0.3) is 11.1 Å². The first-order valence-corrected chi connectivity index (χ1v) is 11.6. The lowest BCUT2D eigenvalue weighted by Crippen LogP contribution is -2.33. The molecular weight excluding hydrogens is 402 g/mol. The number of methoxy groups -OCH3 is 1. The van der Waals surface area contributed by atoms with Gasteiger partial charge in [0.15, 0.2) is 11.5 Å². The number of carbonyl (C=O) groups is 1. The minimum absolute atomic E-state index is 0.119. The van der Waals surface area contributed by atoms with E-state index in [1.165, 1.54) is 4.90 Å². The van der Waals surface area contributed by atoms with E-state index in [9.17, 15) is 4.79 Å². The average molecular weight is 426 g/mol. The van der Waals surface area contributed by atoms with Gasteiger partial charge in [0, 0.05) is 17.0 Å². The lowest BCUT2D eigenvalue weighted by atomic mass is 10.0. The van der Waals surface area contributed by atoms with Gasteiger partial charge in [0.2, 0.25) is 5.91 Å². The molecule has 0 atom stereocenters. The second-order valence-electron chi connectivity index (χ2n) is 6.87. The van der Waals surface area contributed by atoms with Crippen LogP contribution in [-0.2, 0) is 17.8 Å². The molecule has 0 bridgehead atoms. The van der Waals surface area contributed by atoms with Crippen molar-refractivity contribution < 1.29 is 14.3 Å². The Morgan fingerprint density at radius 3 is 2.72 bits per heavy atom. The Balaban J connectivity index is 1.64. The number of hydrogen-bond donors (Lipinski definition) is 0. The number of fused-ring (bicyclic) bond motifs is 1. The molecule has 1 aliphatic rings. The topological polar surface area (TPSA) is 38.8 Å². The first kappa shape index (κ1) is 19.9. The molecule has 1 aromatic heterocycles. The van der Waals surface area contributed by atoms with Crippen LogP contribution in [0.2, 0.25) is 0 Å². The first-order chi connectivity index (χ1) is 14.2. The van der Waals surface area contributed by atoms with Gasteiger partial charge in [-0.05, 0) is 64.0 Å². The second-order valence-corrected chi connectivity index (χ2v) is 8.53. The van der Waals surface area contributed by atoms with E-state index in [4.69, 9.17) is 9.47 Å². The fourth-order valence-corrected chi connectivity index (χ4v) is 4.55. The largest absolute Gasteiger partial charge is 0.493 e.